The van der Waals surface area contributed by atoms with Gasteiger partial charge >= 0.3 is 0 Å². The zero-order valence-corrected chi connectivity index (χ0v) is 23.6. The summed E-state index contributed by atoms with van der Waals surface area (Å²) in [6.07, 6.45) is 1.78. The van der Waals surface area contributed by atoms with Crippen molar-refractivity contribution in [2.24, 2.45) is 5.92 Å². The van der Waals surface area contributed by atoms with Crippen LogP contribution in [0.4, 0.5) is 14.5 Å². The number of likely N-dealkylation sites (tertiary alicyclic amines) is 2. The number of nitrogens with zero attached hydrogens (tertiary/aromatic N) is 2. The van der Waals surface area contributed by atoms with E-state index in [1.807, 2.05) is 47.4 Å². The molecule has 2 aliphatic heterocycles. The monoisotopic (exact) mass is 577 g/mol. The van der Waals surface area contributed by atoms with Crippen molar-refractivity contribution in [2.75, 3.05) is 39.2 Å². The molecule has 2 fully saturated rings. The molecular formula is C32H33F2N3O5. The van der Waals surface area contributed by atoms with Crippen molar-refractivity contribution < 1.29 is 32.6 Å². The van der Waals surface area contributed by atoms with Gasteiger partial charge in [-0.15, -0.1) is 0 Å². The number of piperidine rings is 1. The number of rotatable bonds is 8. The molecular weight excluding hydrogens is 544 g/mol. The lowest BCUT2D eigenvalue weighted by atomic mass is 9.89. The summed E-state index contributed by atoms with van der Waals surface area (Å²) >= 11 is 0. The molecule has 3 amide bonds. The molecule has 42 heavy (non-hydrogen) atoms. The number of methoxy groups -OCH3 is 2. The second-order valence-corrected chi connectivity index (χ2v) is 10.6. The number of amides is 3. The molecule has 0 aromatic heterocycles. The van der Waals surface area contributed by atoms with E-state index < -0.39 is 23.1 Å². The number of hydrogen-bond donors (Lipinski definition) is 1. The molecule has 0 unspecified atom stereocenters. The van der Waals surface area contributed by atoms with E-state index in [1.165, 1.54) is 14.2 Å². The highest BCUT2D eigenvalue weighted by atomic mass is 19.1. The molecule has 3 aromatic carbocycles. The lowest BCUT2D eigenvalue weighted by Gasteiger charge is -2.33. The summed E-state index contributed by atoms with van der Waals surface area (Å²) in [7, 11) is 2.43. The van der Waals surface area contributed by atoms with Crippen LogP contribution in [0.3, 0.4) is 0 Å². The summed E-state index contributed by atoms with van der Waals surface area (Å²) in [6.45, 7) is 2.15. The maximum atomic E-state index is 14.7. The highest BCUT2D eigenvalue weighted by Gasteiger charge is 2.37. The molecule has 0 radical (unpaired) electrons. The van der Waals surface area contributed by atoms with Crippen molar-refractivity contribution in [2.45, 2.75) is 31.7 Å². The summed E-state index contributed by atoms with van der Waals surface area (Å²) < 4.78 is 39.2. The molecule has 2 aliphatic rings. The first kappa shape index (κ1) is 29.0. The molecule has 1 N–H and O–H groups in total. The Hall–Kier alpha value is -4.47. The molecule has 0 spiro atoms. The standard InChI is InChI=1S/C32H33F2N3O5/c1-41-25-17-26(42-2)30(34)28(29(25)33)31(39)35-24-10-8-21(9-11-24)22-12-14-36(15-13-22)32(40)23-16-27(38)37(19-23)18-20-6-4-3-5-7-20/h3-11,17,22-23H,12-16,18-19H2,1-2H3,(H,35,39)/t23-/m1/s1. The van der Waals surface area contributed by atoms with Crippen LogP contribution >= 0.6 is 0 Å². The first-order valence-corrected chi connectivity index (χ1v) is 13.9. The maximum Gasteiger partial charge on any atom is 0.261 e. The third-order valence-electron chi connectivity index (χ3n) is 8.03. The SMILES string of the molecule is COc1cc(OC)c(F)c(C(=O)Nc2ccc(C3CCN(C(=O)[C@@H]4CC(=O)N(Cc5ccccc5)C4)CC3)cc2)c1F. The Morgan fingerprint density at radius 3 is 2.14 bits per heavy atom. The minimum Gasteiger partial charge on any atom is -0.494 e. The van der Waals surface area contributed by atoms with E-state index in [4.69, 9.17) is 9.47 Å². The Labute approximate surface area is 243 Å². The Bertz CT molecular complexity index is 1430. The second-order valence-electron chi connectivity index (χ2n) is 10.6. The summed E-state index contributed by atoms with van der Waals surface area (Å²) in [5.41, 5.74) is 1.68. The quantitative estimate of drug-likeness (QED) is 0.408. The Morgan fingerprint density at radius 1 is 0.929 bits per heavy atom. The predicted molar refractivity (Wildman–Crippen MR) is 152 cm³/mol. The van der Waals surface area contributed by atoms with Crippen molar-refractivity contribution in [1.82, 2.24) is 9.80 Å². The summed E-state index contributed by atoms with van der Waals surface area (Å²) in [4.78, 5) is 42.2. The molecule has 0 aliphatic carbocycles. The van der Waals surface area contributed by atoms with Gasteiger partial charge in [0.05, 0.1) is 20.1 Å². The van der Waals surface area contributed by atoms with E-state index in [-0.39, 0.29) is 41.6 Å². The molecule has 2 saturated heterocycles. The molecule has 220 valence electrons. The van der Waals surface area contributed by atoms with E-state index >= 15 is 0 Å². The van der Waals surface area contributed by atoms with Crippen LogP contribution < -0.4 is 14.8 Å². The van der Waals surface area contributed by atoms with Crippen LogP contribution in [-0.4, -0.2) is 61.4 Å². The van der Waals surface area contributed by atoms with Crippen molar-refractivity contribution >= 4 is 23.4 Å². The zero-order valence-electron chi connectivity index (χ0n) is 23.6. The Morgan fingerprint density at radius 2 is 1.55 bits per heavy atom. The topological polar surface area (TPSA) is 88.2 Å². The molecule has 3 aromatic rings. The highest BCUT2D eigenvalue weighted by molar-refractivity contribution is 6.05. The van der Waals surface area contributed by atoms with Crippen LogP contribution in [0.15, 0.2) is 60.7 Å². The first-order valence-electron chi connectivity index (χ1n) is 13.9. The van der Waals surface area contributed by atoms with Gasteiger partial charge in [0, 0.05) is 44.4 Å². The lowest BCUT2D eigenvalue weighted by Crippen LogP contribution is -2.42. The molecule has 10 heteroatoms. The lowest BCUT2D eigenvalue weighted by molar-refractivity contribution is -0.136. The number of anilines is 1. The average Bonchev–Trinajstić information content (AvgIpc) is 3.37. The van der Waals surface area contributed by atoms with Gasteiger partial charge in [-0.3, -0.25) is 14.4 Å². The van der Waals surface area contributed by atoms with Crippen molar-refractivity contribution in [3.63, 3.8) is 0 Å². The van der Waals surface area contributed by atoms with Crippen LogP contribution in [0.2, 0.25) is 0 Å². The largest absolute Gasteiger partial charge is 0.494 e. The number of carbonyl (C=O) groups excluding carboxylic acids is 3. The number of hydrogen-bond acceptors (Lipinski definition) is 5. The van der Waals surface area contributed by atoms with Gasteiger partial charge in [-0.1, -0.05) is 42.5 Å². The number of ether oxygens (including phenoxy) is 2. The van der Waals surface area contributed by atoms with Crippen LogP contribution in [0, 0.1) is 17.6 Å². The van der Waals surface area contributed by atoms with Gasteiger partial charge in [0.1, 0.15) is 5.56 Å². The molecule has 5 rings (SSSR count). The van der Waals surface area contributed by atoms with Crippen LogP contribution in [-0.2, 0) is 16.1 Å². The highest BCUT2D eigenvalue weighted by Crippen LogP contribution is 2.33. The number of nitrogens with one attached hydrogen (secondary N) is 1. The smallest absolute Gasteiger partial charge is 0.261 e. The van der Waals surface area contributed by atoms with E-state index in [2.05, 4.69) is 5.32 Å². The fourth-order valence-electron chi connectivity index (χ4n) is 5.70. The Kier molecular flexibility index (Phi) is 8.70. The fraction of sp³-hybridized carbons (Fsp3) is 0.344. The third-order valence-corrected chi connectivity index (χ3v) is 8.03. The molecule has 8 nitrogen and oxygen atoms in total. The molecule has 1 atom stereocenters. The molecule has 2 heterocycles. The fourth-order valence-corrected chi connectivity index (χ4v) is 5.70. The number of benzene rings is 3. The normalized spacial score (nSPS) is 17.3. The van der Waals surface area contributed by atoms with E-state index in [1.54, 1.807) is 17.0 Å². The Balaban J connectivity index is 1.15. The number of carbonyl (C=O) groups is 3. The molecule has 0 bridgehead atoms. The average molecular weight is 578 g/mol. The minimum atomic E-state index is -1.11. The minimum absolute atomic E-state index is 0.00952. The van der Waals surface area contributed by atoms with E-state index in [0.717, 1.165) is 30.0 Å². The van der Waals surface area contributed by atoms with Gasteiger partial charge in [-0.25, -0.2) is 8.78 Å². The van der Waals surface area contributed by atoms with E-state index in [0.29, 0.717) is 31.9 Å². The van der Waals surface area contributed by atoms with E-state index in [9.17, 15) is 23.2 Å². The summed E-state index contributed by atoms with van der Waals surface area (Å²) in [5, 5.41) is 2.53. The second kappa shape index (κ2) is 12.6. The van der Waals surface area contributed by atoms with Crippen LogP contribution in [0.1, 0.15) is 46.7 Å². The van der Waals surface area contributed by atoms with Crippen LogP contribution in [0.5, 0.6) is 11.5 Å². The molecule has 0 saturated carbocycles. The number of halogens is 2. The zero-order chi connectivity index (χ0) is 29.8. The third kappa shape index (κ3) is 6.07. The van der Waals surface area contributed by atoms with Gasteiger partial charge < -0.3 is 24.6 Å². The van der Waals surface area contributed by atoms with Gasteiger partial charge in [0.2, 0.25) is 11.8 Å². The summed E-state index contributed by atoms with van der Waals surface area (Å²) in [6, 6.07) is 17.9. The van der Waals surface area contributed by atoms with Crippen LogP contribution in [0.25, 0.3) is 0 Å². The van der Waals surface area contributed by atoms with Gasteiger partial charge in [0.15, 0.2) is 23.1 Å². The van der Waals surface area contributed by atoms with Gasteiger partial charge in [-0.05, 0) is 42.0 Å². The van der Waals surface area contributed by atoms with Gasteiger partial charge in [-0.2, -0.15) is 0 Å². The first-order chi connectivity index (χ1) is 20.3. The summed E-state index contributed by atoms with van der Waals surface area (Å²) in [5.74, 6) is -3.86. The van der Waals surface area contributed by atoms with Crippen molar-refractivity contribution in [3.8, 4) is 11.5 Å². The van der Waals surface area contributed by atoms with Crippen molar-refractivity contribution in [3.05, 3.63) is 89.0 Å². The van der Waals surface area contributed by atoms with Gasteiger partial charge in [0.25, 0.3) is 5.91 Å². The van der Waals surface area contributed by atoms with Crippen molar-refractivity contribution in [1.29, 1.82) is 0 Å². The predicted octanol–water partition coefficient (Wildman–Crippen LogP) is 4.99. The maximum absolute atomic E-state index is 14.7.